The molecule has 16 aliphatic rings. The van der Waals surface area contributed by atoms with Crippen molar-refractivity contribution < 1.29 is 0 Å². The number of hydrazine groups is 1. The normalized spacial score (nSPS) is 57.9. The van der Waals surface area contributed by atoms with Crippen molar-refractivity contribution in [2.75, 3.05) is 0 Å². The lowest BCUT2D eigenvalue weighted by Gasteiger charge is -2.58. The summed E-state index contributed by atoms with van der Waals surface area (Å²) in [6.07, 6.45) is 31.1. The zero-order valence-electron chi connectivity index (χ0n) is 29.7. The van der Waals surface area contributed by atoms with E-state index in [-0.39, 0.29) is 11.1 Å². The molecule has 16 rings (SSSR count). The molecule has 16 bridgehead atoms. The van der Waals surface area contributed by atoms with Gasteiger partial charge in [-0.3, -0.25) is 0 Å². The first-order valence-corrected chi connectivity index (χ1v) is 21.6. The summed E-state index contributed by atoms with van der Waals surface area (Å²) in [5.74, 6) is 22.2. The smallest absolute Gasteiger partial charge is 0.216 e. The van der Waals surface area contributed by atoms with Crippen LogP contribution in [0.15, 0.2) is 9.98 Å². The van der Waals surface area contributed by atoms with Crippen LogP contribution < -0.4 is 16.5 Å². The highest BCUT2D eigenvalue weighted by Crippen LogP contribution is 2.59. The van der Waals surface area contributed by atoms with Gasteiger partial charge in [-0.25, -0.2) is 20.8 Å². The predicted octanol–water partition coefficient (Wildman–Crippen LogP) is 7.64. The second-order valence-electron chi connectivity index (χ2n) is 21.7. The van der Waals surface area contributed by atoms with Crippen molar-refractivity contribution in [2.45, 2.75) is 164 Å². The van der Waals surface area contributed by atoms with Gasteiger partial charge >= 0.3 is 0 Å². The fourth-order valence-corrected chi connectivity index (χ4v) is 17.9. The Morgan fingerprint density at radius 2 is 0.875 bits per heavy atom. The molecule has 6 heteroatoms. The number of guanidine groups is 2. The number of hydrogen-bond acceptors (Lipinski definition) is 3. The minimum atomic E-state index is 0.0906. The van der Waals surface area contributed by atoms with Gasteiger partial charge < -0.3 is 10.6 Å². The monoisotopic (exact) mass is 653 g/mol. The van der Waals surface area contributed by atoms with Crippen LogP contribution in [0.5, 0.6) is 0 Å². The Labute approximate surface area is 290 Å². The van der Waals surface area contributed by atoms with Crippen molar-refractivity contribution in [1.29, 1.82) is 0 Å². The minimum Gasteiger partial charge on any atom is -0.351 e. The second-order valence-corrected chi connectivity index (χ2v) is 21.7. The number of nitrogens with one attached hydrogen (secondary N) is 2. The largest absolute Gasteiger partial charge is 0.351 e. The molecule has 0 radical (unpaired) electrons. The lowest BCUT2D eigenvalue weighted by molar-refractivity contribution is -0.0140. The average molecular weight is 653 g/mol. The molecule has 16 saturated carbocycles. The van der Waals surface area contributed by atoms with Crippen molar-refractivity contribution in [3.8, 4) is 0 Å². The van der Waals surface area contributed by atoms with E-state index < -0.39 is 0 Å². The summed E-state index contributed by atoms with van der Waals surface area (Å²) in [4.78, 5) is 11.9. The van der Waals surface area contributed by atoms with E-state index in [0.29, 0.717) is 12.1 Å². The Morgan fingerprint density at radius 1 is 0.479 bits per heavy atom. The molecular weight excluding hydrogens is 589 g/mol. The molecule has 0 spiro atoms. The van der Waals surface area contributed by atoms with Gasteiger partial charge in [-0.05, 0) is 224 Å². The van der Waals surface area contributed by atoms with Crippen LogP contribution in [0.25, 0.3) is 0 Å². The maximum atomic E-state index is 7.67. The summed E-state index contributed by atoms with van der Waals surface area (Å²) < 4.78 is 0. The van der Waals surface area contributed by atoms with Gasteiger partial charge in [0, 0.05) is 11.6 Å². The molecule has 4 N–H and O–H groups in total. The highest BCUT2D eigenvalue weighted by atomic mass is 15.6. The fraction of sp³-hybridized carbons (Fsp3) is 0.952. The third kappa shape index (κ3) is 4.70. The topological polar surface area (TPSA) is 78.0 Å². The average Bonchev–Trinajstić information content (AvgIpc) is 3.01. The SMILES string of the molecule is NN(C(=NC1C2CC3CC(C2)CC1C3)NC1C2CC3CC(C2)CC1C3)C(=NC12CC3CC(CC(C3)C1)C2)NC12CC3CC(CC(C3)C1)C2. The van der Waals surface area contributed by atoms with Crippen LogP contribution in [0, 0.1) is 82.9 Å². The fourth-order valence-electron chi connectivity index (χ4n) is 17.9. The van der Waals surface area contributed by atoms with Crippen molar-refractivity contribution in [3.63, 3.8) is 0 Å². The zero-order chi connectivity index (χ0) is 31.4. The van der Waals surface area contributed by atoms with Gasteiger partial charge in [-0.1, -0.05) is 0 Å². The maximum Gasteiger partial charge on any atom is 0.216 e. The highest BCUT2D eigenvalue weighted by Gasteiger charge is 2.55. The lowest BCUT2D eigenvalue weighted by Crippen LogP contribution is -2.67. The van der Waals surface area contributed by atoms with Gasteiger partial charge in [-0.15, -0.1) is 0 Å². The first-order chi connectivity index (χ1) is 23.4. The Hall–Kier alpha value is -1.30. The Bertz CT molecular complexity index is 1250. The highest BCUT2D eigenvalue weighted by molar-refractivity contribution is 5.98. The number of aliphatic imine (C=N–C) groups is 2. The molecule has 0 aromatic heterocycles. The molecule has 48 heavy (non-hydrogen) atoms. The van der Waals surface area contributed by atoms with E-state index in [1.54, 1.807) is 0 Å². The molecule has 0 aromatic carbocycles. The molecular formula is C42H64N6. The van der Waals surface area contributed by atoms with Gasteiger partial charge in [0.05, 0.1) is 11.6 Å². The molecule has 262 valence electrons. The van der Waals surface area contributed by atoms with E-state index in [0.717, 1.165) is 94.8 Å². The van der Waals surface area contributed by atoms with Crippen molar-refractivity contribution >= 4 is 11.9 Å². The third-order valence-electron chi connectivity index (χ3n) is 18.2. The molecule has 0 atom stereocenters. The van der Waals surface area contributed by atoms with E-state index in [1.165, 1.54) is 141 Å². The van der Waals surface area contributed by atoms with E-state index in [4.69, 9.17) is 15.8 Å². The summed E-state index contributed by atoms with van der Waals surface area (Å²) in [7, 11) is 0. The van der Waals surface area contributed by atoms with Gasteiger partial charge in [0.25, 0.3) is 0 Å². The van der Waals surface area contributed by atoms with E-state index in [2.05, 4.69) is 15.6 Å². The first-order valence-electron chi connectivity index (χ1n) is 21.6. The van der Waals surface area contributed by atoms with Crippen LogP contribution >= 0.6 is 0 Å². The number of rotatable bonds is 4. The standard InChI is InChI=1S/C42H64N6/c43-48(39(44-37-33-9-23-1-24(11-33)12-34(37)10-23)45-38-35-13-25-2-26(15-35)16-36(38)14-25)40(46-41-17-27-3-28(18-41)5-29(4-27)19-41)47-42-20-30-6-31(21-42)8-32(7-30)22-42/h23-38H,1-22,43H2,(H,44,45)(H,46,47). The molecule has 16 fully saturated rings. The summed E-state index contributed by atoms with van der Waals surface area (Å²) in [5.41, 5.74) is 0.275. The summed E-state index contributed by atoms with van der Waals surface area (Å²) in [6, 6.07) is 0.989. The van der Waals surface area contributed by atoms with Crippen LogP contribution in [0.4, 0.5) is 0 Å². The van der Waals surface area contributed by atoms with Gasteiger partial charge in [-0.2, -0.15) is 0 Å². The third-order valence-corrected chi connectivity index (χ3v) is 18.2. The molecule has 0 aromatic rings. The Balaban J connectivity index is 0.931. The first kappa shape index (κ1) is 29.3. The van der Waals surface area contributed by atoms with Gasteiger partial charge in [0.1, 0.15) is 0 Å². The predicted molar refractivity (Wildman–Crippen MR) is 191 cm³/mol. The molecule has 0 heterocycles. The van der Waals surface area contributed by atoms with E-state index in [1.807, 2.05) is 0 Å². The number of hydrogen-bond donors (Lipinski definition) is 3. The van der Waals surface area contributed by atoms with Gasteiger partial charge in [0.2, 0.25) is 11.9 Å². The van der Waals surface area contributed by atoms with Crippen LogP contribution in [0.3, 0.4) is 0 Å². The molecule has 0 unspecified atom stereocenters. The van der Waals surface area contributed by atoms with Crippen LogP contribution in [0.2, 0.25) is 0 Å². The number of nitrogens with two attached hydrogens (primary N) is 1. The summed E-state index contributed by atoms with van der Waals surface area (Å²) in [6.45, 7) is 0. The van der Waals surface area contributed by atoms with Crippen LogP contribution in [-0.4, -0.2) is 40.1 Å². The summed E-state index contributed by atoms with van der Waals surface area (Å²) >= 11 is 0. The lowest BCUT2D eigenvalue weighted by atomic mass is 9.53. The van der Waals surface area contributed by atoms with E-state index >= 15 is 0 Å². The van der Waals surface area contributed by atoms with E-state index in [9.17, 15) is 0 Å². The molecule has 6 nitrogen and oxygen atoms in total. The van der Waals surface area contributed by atoms with Crippen LogP contribution in [-0.2, 0) is 0 Å². The molecule has 16 aliphatic carbocycles. The zero-order valence-corrected chi connectivity index (χ0v) is 29.7. The molecule has 0 saturated heterocycles. The maximum absolute atomic E-state index is 7.67. The van der Waals surface area contributed by atoms with Crippen molar-refractivity contribution in [1.82, 2.24) is 15.6 Å². The molecule has 0 aliphatic heterocycles. The van der Waals surface area contributed by atoms with Crippen LogP contribution in [0.1, 0.15) is 141 Å². The molecule has 0 amide bonds. The Kier molecular flexibility index (Phi) is 6.35. The second kappa shape index (κ2) is 10.4. The Morgan fingerprint density at radius 3 is 1.33 bits per heavy atom. The minimum absolute atomic E-state index is 0.0906. The quantitative estimate of drug-likeness (QED) is 0.126. The number of nitrogens with zero attached hydrogens (tertiary/aromatic N) is 3. The summed E-state index contributed by atoms with van der Waals surface area (Å²) in [5, 5.41) is 10.7. The van der Waals surface area contributed by atoms with Crippen molar-refractivity contribution in [2.24, 2.45) is 98.7 Å². The van der Waals surface area contributed by atoms with Crippen molar-refractivity contribution in [3.05, 3.63) is 0 Å². The van der Waals surface area contributed by atoms with Gasteiger partial charge in [0.15, 0.2) is 0 Å².